The summed E-state index contributed by atoms with van der Waals surface area (Å²) >= 11 is 3.15. The van der Waals surface area contributed by atoms with Gasteiger partial charge in [0.2, 0.25) is 0 Å². The van der Waals surface area contributed by atoms with E-state index in [1.807, 2.05) is 23.6 Å². The lowest BCUT2D eigenvalue weighted by molar-refractivity contribution is 0.560. The Balaban J connectivity index is 2.04. The molecular weight excluding hydrogens is 254 g/mol. The van der Waals surface area contributed by atoms with E-state index in [1.165, 1.54) is 6.07 Å². The van der Waals surface area contributed by atoms with Crippen molar-refractivity contribution in [1.29, 1.82) is 0 Å². The third-order valence-electron chi connectivity index (χ3n) is 2.21. The molecule has 0 aliphatic heterocycles. The van der Waals surface area contributed by atoms with Crippen LogP contribution >= 0.6 is 23.1 Å². The molecule has 0 aliphatic rings. The molecule has 2 aromatic heterocycles. The number of aromatic nitrogens is 1. The third-order valence-corrected chi connectivity index (χ3v) is 4.08. The van der Waals surface area contributed by atoms with Crippen LogP contribution in [0.15, 0.2) is 60.4 Å². The fraction of sp³-hybridized carbons (Fsp3) is 0. The molecular formula is C12H7NO2S2. The van der Waals surface area contributed by atoms with Crippen LogP contribution in [0.4, 0.5) is 0 Å². The molecule has 0 fully saturated rings. The predicted octanol–water partition coefficient (Wildman–Crippen LogP) is 3.40. The minimum Gasteiger partial charge on any atom is -0.423 e. The quantitative estimate of drug-likeness (QED) is 0.663. The average Bonchev–Trinajstić information content (AvgIpc) is 2.81. The van der Waals surface area contributed by atoms with Crippen molar-refractivity contribution >= 4 is 34.1 Å². The Morgan fingerprint density at radius 1 is 1.24 bits per heavy atom. The number of hydrogen-bond acceptors (Lipinski definition) is 5. The summed E-state index contributed by atoms with van der Waals surface area (Å²) in [4.78, 5) is 16.3. The van der Waals surface area contributed by atoms with Gasteiger partial charge in [0.15, 0.2) is 4.34 Å². The first kappa shape index (κ1) is 10.6. The molecule has 17 heavy (non-hydrogen) atoms. The van der Waals surface area contributed by atoms with E-state index in [0.717, 1.165) is 14.6 Å². The van der Waals surface area contributed by atoms with Gasteiger partial charge in [-0.05, 0) is 18.2 Å². The second kappa shape index (κ2) is 4.35. The third kappa shape index (κ3) is 2.25. The van der Waals surface area contributed by atoms with Crippen molar-refractivity contribution in [3.05, 3.63) is 52.3 Å². The van der Waals surface area contributed by atoms with E-state index >= 15 is 0 Å². The summed E-state index contributed by atoms with van der Waals surface area (Å²) in [7, 11) is 0. The normalized spacial score (nSPS) is 10.8. The SMILES string of the molecule is O=c1ccc2ccc(Sc3nccs3)cc2o1. The fourth-order valence-electron chi connectivity index (χ4n) is 1.47. The van der Waals surface area contributed by atoms with Gasteiger partial charge in [0, 0.05) is 27.9 Å². The van der Waals surface area contributed by atoms with E-state index < -0.39 is 0 Å². The summed E-state index contributed by atoms with van der Waals surface area (Å²) in [6, 6.07) is 8.99. The fourth-order valence-corrected chi connectivity index (χ4v) is 3.09. The molecule has 0 unspecified atom stereocenters. The Labute approximate surface area is 105 Å². The Kier molecular flexibility index (Phi) is 2.70. The molecule has 0 N–H and O–H groups in total. The van der Waals surface area contributed by atoms with Gasteiger partial charge in [0.05, 0.1) is 0 Å². The van der Waals surface area contributed by atoms with E-state index in [4.69, 9.17) is 4.42 Å². The van der Waals surface area contributed by atoms with Crippen LogP contribution in [0.2, 0.25) is 0 Å². The highest BCUT2D eigenvalue weighted by atomic mass is 32.2. The molecule has 0 aliphatic carbocycles. The Morgan fingerprint density at radius 3 is 2.94 bits per heavy atom. The van der Waals surface area contributed by atoms with Crippen LogP contribution in [0.5, 0.6) is 0 Å². The van der Waals surface area contributed by atoms with Crippen molar-refractivity contribution in [3.63, 3.8) is 0 Å². The van der Waals surface area contributed by atoms with Crippen molar-refractivity contribution in [3.8, 4) is 0 Å². The Hall–Kier alpha value is -1.59. The van der Waals surface area contributed by atoms with Crippen LogP contribution in [-0.2, 0) is 0 Å². The lowest BCUT2D eigenvalue weighted by Crippen LogP contribution is -1.93. The molecule has 0 saturated heterocycles. The predicted molar refractivity (Wildman–Crippen MR) is 68.7 cm³/mol. The highest BCUT2D eigenvalue weighted by Crippen LogP contribution is 2.30. The number of rotatable bonds is 2. The maximum Gasteiger partial charge on any atom is 0.336 e. The first-order valence-electron chi connectivity index (χ1n) is 4.92. The highest BCUT2D eigenvalue weighted by molar-refractivity contribution is 8.01. The molecule has 0 atom stereocenters. The number of benzene rings is 1. The number of thiazole rings is 1. The van der Waals surface area contributed by atoms with Crippen molar-refractivity contribution in [2.24, 2.45) is 0 Å². The molecule has 2 heterocycles. The van der Waals surface area contributed by atoms with Crippen LogP contribution in [0.25, 0.3) is 11.0 Å². The van der Waals surface area contributed by atoms with Gasteiger partial charge in [0.1, 0.15) is 5.58 Å². The van der Waals surface area contributed by atoms with Gasteiger partial charge in [-0.25, -0.2) is 9.78 Å². The van der Waals surface area contributed by atoms with Crippen molar-refractivity contribution < 1.29 is 4.42 Å². The number of hydrogen-bond donors (Lipinski definition) is 0. The summed E-state index contributed by atoms with van der Waals surface area (Å²) in [5.74, 6) is 0. The van der Waals surface area contributed by atoms with Crippen molar-refractivity contribution in [1.82, 2.24) is 4.98 Å². The van der Waals surface area contributed by atoms with E-state index in [2.05, 4.69) is 4.98 Å². The van der Waals surface area contributed by atoms with Gasteiger partial charge < -0.3 is 4.42 Å². The maximum absolute atomic E-state index is 11.1. The molecule has 3 nitrogen and oxygen atoms in total. The topological polar surface area (TPSA) is 43.1 Å². The molecule has 1 aromatic carbocycles. The summed E-state index contributed by atoms with van der Waals surface area (Å²) in [6.07, 6.45) is 1.77. The highest BCUT2D eigenvalue weighted by Gasteiger charge is 2.03. The largest absolute Gasteiger partial charge is 0.423 e. The molecule has 0 saturated carbocycles. The van der Waals surface area contributed by atoms with Crippen LogP contribution in [0, 0.1) is 0 Å². The molecule has 84 valence electrons. The van der Waals surface area contributed by atoms with Crippen LogP contribution in [0.1, 0.15) is 0 Å². The van der Waals surface area contributed by atoms with E-state index in [-0.39, 0.29) is 5.63 Å². The molecule has 0 spiro atoms. The minimum atomic E-state index is -0.325. The van der Waals surface area contributed by atoms with Gasteiger partial charge in [-0.1, -0.05) is 17.8 Å². The van der Waals surface area contributed by atoms with Crippen LogP contribution < -0.4 is 5.63 Å². The lowest BCUT2D eigenvalue weighted by Gasteiger charge is -1.99. The maximum atomic E-state index is 11.1. The van der Waals surface area contributed by atoms with Crippen molar-refractivity contribution in [2.45, 2.75) is 9.24 Å². The van der Waals surface area contributed by atoms with Gasteiger partial charge in [-0.2, -0.15) is 0 Å². The van der Waals surface area contributed by atoms with Crippen LogP contribution in [-0.4, -0.2) is 4.98 Å². The van der Waals surface area contributed by atoms with E-state index in [0.29, 0.717) is 5.58 Å². The standard InChI is InChI=1S/C12H7NO2S2/c14-11-4-2-8-1-3-9(7-10(8)15-11)17-12-13-5-6-16-12/h1-7H. The van der Waals surface area contributed by atoms with Crippen molar-refractivity contribution in [2.75, 3.05) is 0 Å². The average molecular weight is 261 g/mol. The Bertz CT molecular complexity index is 704. The van der Waals surface area contributed by atoms with Gasteiger partial charge in [-0.3, -0.25) is 0 Å². The summed E-state index contributed by atoms with van der Waals surface area (Å²) < 4.78 is 6.11. The summed E-state index contributed by atoms with van der Waals surface area (Å²) in [6.45, 7) is 0. The van der Waals surface area contributed by atoms with E-state index in [1.54, 1.807) is 35.4 Å². The second-order valence-electron chi connectivity index (χ2n) is 3.35. The summed E-state index contributed by atoms with van der Waals surface area (Å²) in [5, 5.41) is 2.86. The van der Waals surface area contributed by atoms with Gasteiger partial charge in [-0.15, -0.1) is 11.3 Å². The molecule has 5 heteroatoms. The molecule has 0 amide bonds. The molecule has 0 radical (unpaired) electrons. The van der Waals surface area contributed by atoms with E-state index in [9.17, 15) is 4.79 Å². The zero-order valence-corrected chi connectivity index (χ0v) is 10.3. The zero-order chi connectivity index (χ0) is 11.7. The Morgan fingerprint density at radius 2 is 2.12 bits per heavy atom. The molecule has 0 bridgehead atoms. The number of nitrogens with zero attached hydrogens (tertiary/aromatic N) is 1. The van der Waals surface area contributed by atoms with Crippen LogP contribution in [0.3, 0.4) is 0 Å². The zero-order valence-electron chi connectivity index (χ0n) is 8.62. The lowest BCUT2D eigenvalue weighted by atomic mass is 10.2. The van der Waals surface area contributed by atoms with Gasteiger partial charge in [0.25, 0.3) is 0 Å². The van der Waals surface area contributed by atoms with Gasteiger partial charge >= 0.3 is 5.63 Å². The molecule has 3 aromatic rings. The minimum absolute atomic E-state index is 0.325. The smallest absolute Gasteiger partial charge is 0.336 e. The monoisotopic (exact) mass is 261 g/mol. The number of fused-ring (bicyclic) bond motifs is 1. The molecule has 3 rings (SSSR count). The first-order chi connectivity index (χ1) is 8.31. The first-order valence-corrected chi connectivity index (χ1v) is 6.62. The second-order valence-corrected chi connectivity index (χ2v) is 5.57. The summed E-state index contributed by atoms with van der Waals surface area (Å²) in [5.41, 5.74) is 0.285.